The first-order chi connectivity index (χ1) is 10.2. The van der Waals surface area contributed by atoms with Crippen LogP contribution in [-0.4, -0.2) is 25.1 Å². The zero-order valence-corrected chi connectivity index (χ0v) is 13.9. The third kappa shape index (κ3) is 9.76. The van der Waals surface area contributed by atoms with Crippen molar-refractivity contribution in [2.75, 3.05) is 13.7 Å². The second-order valence-corrected chi connectivity index (χ2v) is 4.61. The molecule has 0 saturated heterocycles. The fourth-order valence-electron chi connectivity index (χ4n) is 1.32. The number of hydrogen-bond acceptors (Lipinski definition) is 4. The van der Waals surface area contributed by atoms with E-state index >= 15 is 0 Å². The van der Waals surface area contributed by atoms with Gasteiger partial charge >= 0.3 is 0 Å². The van der Waals surface area contributed by atoms with E-state index in [4.69, 9.17) is 0 Å². The highest BCUT2D eigenvalue weighted by Crippen LogP contribution is 2.13. The van der Waals surface area contributed by atoms with E-state index in [9.17, 15) is 4.79 Å². The van der Waals surface area contributed by atoms with Gasteiger partial charge in [0.05, 0.1) is 11.7 Å². The van der Waals surface area contributed by atoms with Crippen LogP contribution in [0.15, 0.2) is 59.8 Å². The molecule has 0 saturated carbocycles. The number of aromatic nitrogens is 1. The Labute approximate surface area is 134 Å². The molecule has 0 spiro atoms. The maximum absolute atomic E-state index is 10.0. The van der Waals surface area contributed by atoms with Gasteiger partial charge in [-0.3, -0.25) is 4.79 Å². The number of allylic oxidation sites excluding steroid dienone is 5. The highest BCUT2D eigenvalue weighted by atomic mass is 79.9. The summed E-state index contributed by atoms with van der Waals surface area (Å²) in [4.78, 5) is 14.3. The Morgan fingerprint density at radius 3 is 2.71 bits per heavy atom. The number of ether oxygens (including phenoxy) is 1. The minimum absolute atomic E-state index is 0.0716. The van der Waals surface area contributed by atoms with Gasteiger partial charge in [0.15, 0.2) is 0 Å². The first kappa shape index (κ1) is 19.3. The summed E-state index contributed by atoms with van der Waals surface area (Å²) < 4.78 is 5.45. The van der Waals surface area contributed by atoms with E-state index < -0.39 is 0 Å². The standard InChI is InChI=1S/C9H11BrN2O2.C7H10/c1-11-8(5-14-6-13)7-3-2-4-9(10)12-7;1-3-5-7-6-4-2/h2-4,6,8,11H,5H2,1H3;3-7H,1H2,2H3/b;6-4-,7-5-/t8-;/m0./s1. The lowest BCUT2D eigenvalue weighted by Gasteiger charge is -2.13. The average Bonchev–Trinajstić information content (AvgIpc) is 2.49. The number of rotatable bonds is 7. The Hall–Kier alpha value is -1.72. The first-order valence-electron chi connectivity index (χ1n) is 6.44. The van der Waals surface area contributed by atoms with Crippen LogP contribution >= 0.6 is 15.9 Å². The summed E-state index contributed by atoms with van der Waals surface area (Å²) in [5, 5.41) is 3.01. The van der Waals surface area contributed by atoms with E-state index in [-0.39, 0.29) is 12.6 Å². The van der Waals surface area contributed by atoms with Crippen LogP contribution in [-0.2, 0) is 9.53 Å². The molecule has 0 unspecified atom stereocenters. The van der Waals surface area contributed by atoms with Crippen molar-refractivity contribution in [3.63, 3.8) is 0 Å². The molecule has 0 bridgehead atoms. The number of likely N-dealkylation sites (N-methyl/N-ethyl adjacent to an activating group) is 1. The number of nitrogens with one attached hydrogen (secondary N) is 1. The molecule has 0 aromatic carbocycles. The van der Waals surface area contributed by atoms with Gasteiger partial charge in [-0.2, -0.15) is 0 Å². The second kappa shape index (κ2) is 13.3. The quantitative estimate of drug-likeness (QED) is 0.462. The smallest absolute Gasteiger partial charge is 0.293 e. The van der Waals surface area contributed by atoms with E-state index in [0.29, 0.717) is 6.47 Å². The third-order valence-corrected chi connectivity index (χ3v) is 2.77. The van der Waals surface area contributed by atoms with Crippen molar-refractivity contribution in [3.05, 3.63) is 65.5 Å². The minimum Gasteiger partial charge on any atom is -0.466 e. The Morgan fingerprint density at radius 1 is 1.43 bits per heavy atom. The van der Waals surface area contributed by atoms with Crippen molar-refractivity contribution < 1.29 is 9.53 Å². The fourth-order valence-corrected chi connectivity index (χ4v) is 1.68. The molecule has 1 heterocycles. The van der Waals surface area contributed by atoms with Crippen molar-refractivity contribution in [3.8, 4) is 0 Å². The van der Waals surface area contributed by atoms with Gasteiger partial charge in [0, 0.05) is 0 Å². The summed E-state index contributed by atoms with van der Waals surface area (Å²) in [5.74, 6) is 0. The lowest BCUT2D eigenvalue weighted by atomic mass is 10.2. The molecule has 1 N–H and O–H groups in total. The van der Waals surface area contributed by atoms with Gasteiger partial charge in [-0.15, -0.1) is 0 Å². The van der Waals surface area contributed by atoms with Crippen LogP contribution in [0.2, 0.25) is 0 Å². The lowest BCUT2D eigenvalue weighted by Crippen LogP contribution is -2.22. The number of carbonyl (C=O) groups excluding carboxylic acids is 1. The van der Waals surface area contributed by atoms with E-state index in [1.165, 1.54) is 0 Å². The van der Waals surface area contributed by atoms with Gasteiger partial charge in [-0.05, 0) is 42.0 Å². The Kier molecular flexibility index (Phi) is 12.2. The van der Waals surface area contributed by atoms with Crippen LogP contribution in [0.3, 0.4) is 0 Å². The topological polar surface area (TPSA) is 51.2 Å². The van der Waals surface area contributed by atoms with Crippen molar-refractivity contribution in [2.45, 2.75) is 13.0 Å². The molecule has 4 nitrogen and oxygen atoms in total. The van der Waals surface area contributed by atoms with Gasteiger partial charge in [-0.1, -0.05) is 43.0 Å². The van der Waals surface area contributed by atoms with E-state index in [1.54, 1.807) is 13.1 Å². The Bertz CT molecular complexity index is 473. The normalized spacial score (nSPS) is 11.8. The monoisotopic (exact) mass is 352 g/mol. The molecule has 0 radical (unpaired) electrons. The molecule has 0 aliphatic heterocycles. The van der Waals surface area contributed by atoms with Gasteiger partial charge in [0.1, 0.15) is 11.2 Å². The highest BCUT2D eigenvalue weighted by Gasteiger charge is 2.10. The molecule has 0 aliphatic carbocycles. The van der Waals surface area contributed by atoms with Gasteiger partial charge in [0.2, 0.25) is 0 Å². The summed E-state index contributed by atoms with van der Waals surface area (Å²) in [5.41, 5.74) is 0.837. The fraction of sp³-hybridized carbons (Fsp3) is 0.250. The molecule has 5 heteroatoms. The van der Waals surface area contributed by atoms with Crippen molar-refractivity contribution in [1.29, 1.82) is 0 Å². The zero-order chi connectivity index (χ0) is 15.9. The molecule has 0 aliphatic rings. The molecule has 21 heavy (non-hydrogen) atoms. The predicted octanol–water partition coefficient (Wildman–Crippen LogP) is 3.58. The van der Waals surface area contributed by atoms with E-state index in [2.05, 4.69) is 37.5 Å². The molecule has 114 valence electrons. The van der Waals surface area contributed by atoms with Gasteiger partial charge in [-0.25, -0.2) is 4.98 Å². The van der Waals surface area contributed by atoms with E-state index in [1.807, 2.05) is 49.4 Å². The number of nitrogens with zero attached hydrogens (tertiary/aromatic N) is 1. The highest BCUT2D eigenvalue weighted by molar-refractivity contribution is 9.10. The van der Waals surface area contributed by atoms with Crippen LogP contribution in [0.1, 0.15) is 18.7 Å². The Balaban J connectivity index is 0.000000486. The molecule has 1 aromatic heterocycles. The number of halogens is 1. The summed E-state index contributed by atoms with van der Waals surface area (Å²) in [7, 11) is 1.79. The summed E-state index contributed by atoms with van der Waals surface area (Å²) in [6.07, 6.45) is 9.51. The van der Waals surface area contributed by atoms with Crippen molar-refractivity contribution in [1.82, 2.24) is 10.3 Å². The van der Waals surface area contributed by atoms with Crippen molar-refractivity contribution >= 4 is 22.4 Å². The minimum atomic E-state index is -0.0716. The predicted molar refractivity (Wildman–Crippen MR) is 89.9 cm³/mol. The van der Waals surface area contributed by atoms with Crippen LogP contribution in [0.25, 0.3) is 0 Å². The van der Waals surface area contributed by atoms with Crippen LogP contribution in [0.4, 0.5) is 0 Å². The van der Waals surface area contributed by atoms with Gasteiger partial charge in [0.25, 0.3) is 6.47 Å². The molecule has 0 fully saturated rings. The third-order valence-electron chi connectivity index (χ3n) is 2.32. The molecule has 0 amide bonds. The summed E-state index contributed by atoms with van der Waals surface area (Å²) >= 11 is 3.28. The Morgan fingerprint density at radius 2 is 2.19 bits per heavy atom. The number of pyridine rings is 1. The molecular formula is C16H21BrN2O2. The summed E-state index contributed by atoms with van der Waals surface area (Å²) in [6.45, 7) is 6.21. The molecule has 1 rings (SSSR count). The zero-order valence-electron chi connectivity index (χ0n) is 12.3. The molecule has 1 aromatic rings. The van der Waals surface area contributed by atoms with Gasteiger partial charge < -0.3 is 10.1 Å². The van der Waals surface area contributed by atoms with Crippen molar-refractivity contribution in [2.24, 2.45) is 0 Å². The number of hydrogen-bond donors (Lipinski definition) is 1. The molecular weight excluding hydrogens is 332 g/mol. The average molecular weight is 353 g/mol. The maximum atomic E-state index is 10.0. The lowest BCUT2D eigenvalue weighted by molar-refractivity contribution is -0.129. The first-order valence-corrected chi connectivity index (χ1v) is 7.24. The molecule has 1 atom stereocenters. The maximum Gasteiger partial charge on any atom is 0.293 e. The summed E-state index contributed by atoms with van der Waals surface area (Å²) in [6, 6.07) is 5.53. The number of carbonyl (C=O) groups is 1. The second-order valence-electron chi connectivity index (χ2n) is 3.80. The SMILES string of the molecule is C=C/C=C\C=C/C.CN[C@@H](COC=O)c1cccc(Br)n1. The largest absolute Gasteiger partial charge is 0.466 e. The van der Waals surface area contributed by atoms with E-state index in [0.717, 1.165) is 10.3 Å². The van der Waals surface area contributed by atoms with Crippen LogP contribution < -0.4 is 5.32 Å². The van der Waals surface area contributed by atoms with Crippen LogP contribution in [0, 0.1) is 0 Å². The van der Waals surface area contributed by atoms with Crippen LogP contribution in [0.5, 0.6) is 0 Å².